The molecule has 166 valence electrons. The van der Waals surface area contributed by atoms with E-state index >= 15 is 0 Å². The summed E-state index contributed by atoms with van der Waals surface area (Å²) in [6.45, 7) is 7.70. The van der Waals surface area contributed by atoms with Gasteiger partial charge in [-0.15, -0.1) is 0 Å². The standard InChI is InChI=1S/C25H31NO5/c1-5-30-25(28)19-10-12-26(13-11-19)24(27)20-7-9-23(29-4)21(15-20)16-31-22-8-6-17(2)18(3)14-22/h6-9,14-15,19H,5,10-13,16H2,1-4H3. The third kappa shape index (κ3) is 5.57. The maximum Gasteiger partial charge on any atom is 0.309 e. The molecule has 1 aliphatic heterocycles. The van der Waals surface area contributed by atoms with Crippen molar-refractivity contribution < 1.29 is 23.8 Å². The zero-order chi connectivity index (χ0) is 22.4. The molecule has 0 radical (unpaired) electrons. The lowest BCUT2D eigenvalue weighted by molar-refractivity contribution is -0.149. The average Bonchev–Trinajstić information content (AvgIpc) is 2.79. The Labute approximate surface area is 184 Å². The van der Waals surface area contributed by atoms with Gasteiger partial charge in [0, 0.05) is 24.2 Å². The number of hydrogen-bond donors (Lipinski definition) is 0. The van der Waals surface area contributed by atoms with E-state index in [1.165, 1.54) is 11.1 Å². The van der Waals surface area contributed by atoms with Gasteiger partial charge >= 0.3 is 5.97 Å². The molecule has 0 atom stereocenters. The largest absolute Gasteiger partial charge is 0.496 e. The van der Waals surface area contributed by atoms with Crippen LogP contribution in [0.25, 0.3) is 0 Å². The van der Waals surface area contributed by atoms with Gasteiger partial charge in [-0.2, -0.15) is 0 Å². The highest BCUT2D eigenvalue weighted by molar-refractivity contribution is 5.94. The summed E-state index contributed by atoms with van der Waals surface area (Å²) in [4.78, 5) is 26.8. The van der Waals surface area contributed by atoms with Crippen LogP contribution in [-0.4, -0.2) is 43.6 Å². The van der Waals surface area contributed by atoms with Gasteiger partial charge in [0.15, 0.2) is 0 Å². The fourth-order valence-electron chi connectivity index (χ4n) is 3.75. The molecule has 0 aromatic heterocycles. The summed E-state index contributed by atoms with van der Waals surface area (Å²) in [6, 6.07) is 11.4. The van der Waals surface area contributed by atoms with Crippen molar-refractivity contribution in [2.45, 2.75) is 40.2 Å². The maximum atomic E-state index is 13.0. The van der Waals surface area contributed by atoms with Gasteiger partial charge in [-0.1, -0.05) is 6.07 Å². The van der Waals surface area contributed by atoms with Crippen LogP contribution in [0.15, 0.2) is 36.4 Å². The fraction of sp³-hybridized carbons (Fsp3) is 0.440. The van der Waals surface area contributed by atoms with E-state index in [1.54, 1.807) is 24.1 Å². The number of rotatable bonds is 7. The average molecular weight is 426 g/mol. The van der Waals surface area contributed by atoms with Crippen molar-refractivity contribution >= 4 is 11.9 Å². The van der Waals surface area contributed by atoms with Gasteiger partial charge in [-0.05, 0) is 75.1 Å². The molecule has 6 nitrogen and oxygen atoms in total. The SMILES string of the molecule is CCOC(=O)C1CCN(C(=O)c2ccc(OC)c(COc3ccc(C)c(C)c3)c2)CC1. The van der Waals surface area contributed by atoms with Crippen molar-refractivity contribution in [3.05, 3.63) is 58.7 Å². The normalized spacial score (nSPS) is 14.3. The van der Waals surface area contributed by atoms with Crippen LogP contribution in [0.1, 0.15) is 46.8 Å². The van der Waals surface area contributed by atoms with Crippen LogP contribution in [0.2, 0.25) is 0 Å². The number of piperidine rings is 1. The summed E-state index contributed by atoms with van der Waals surface area (Å²) in [5, 5.41) is 0. The Balaban J connectivity index is 1.67. The lowest BCUT2D eigenvalue weighted by Gasteiger charge is -2.31. The number of ether oxygens (including phenoxy) is 3. The van der Waals surface area contributed by atoms with Gasteiger partial charge in [0.05, 0.1) is 19.6 Å². The van der Waals surface area contributed by atoms with Crippen molar-refractivity contribution in [2.75, 3.05) is 26.8 Å². The van der Waals surface area contributed by atoms with Crippen LogP contribution in [0.5, 0.6) is 11.5 Å². The van der Waals surface area contributed by atoms with Gasteiger partial charge < -0.3 is 19.1 Å². The second kappa shape index (κ2) is 10.3. The molecule has 6 heteroatoms. The van der Waals surface area contributed by atoms with Crippen LogP contribution in [0.3, 0.4) is 0 Å². The van der Waals surface area contributed by atoms with Crippen molar-refractivity contribution in [3.63, 3.8) is 0 Å². The lowest BCUT2D eigenvalue weighted by Crippen LogP contribution is -2.40. The van der Waals surface area contributed by atoms with Gasteiger partial charge in [-0.25, -0.2) is 0 Å². The molecule has 3 rings (SSSR count). The molecule has 1 heterocycles. The highest BCUT2D eigenvalue weighted by Crippen LogP contribution is 2.26. The quantitative estimate of drug-likeness (QED) is 0.619. The Hall–Kier alpha value is -3.02. The molecule has 1 aliphatic rings. The molecule has 1 amide bonds. The number of nitrogens with zero attached hydrogens (tertiary/aromatic N) is 1. The van der Waals surface area contributed by atoms with Gasteiger partial charge in [0.2, 0.25) is 0 Å². The number of amides is 1. The Bertz CT molecular complexity index is 932. The molecule has 0 aliphatic carbocycles. The number of esters is 1. The van der Waals surface area contributed by atoms with Crippen molar-refractivity contribution in [1.29, 1.82) is 0 Å². The van der Waals surface area contributed by atoms with Crippen molar-refractivity contribution in [2.24, 2.45) is 5.92 Å². The van der Waals surface area contributed by atoms with Gasteiger partial charge in [0.25, 0.3) is 5.91 Å². The van der Waals surface area contributed by atoms with E-state index in [2.05, 4.69) is 6.92 Å². The number of hydrogen-bond acceptors (Lipinski definition) is 5. The Morgan fingerprint density at radius 1 is 1.03 bits per heavy atom. The van der Waals surface area contributed by atoms with Crippen LogP contribution in [-0.2, 0) is 16.1 Å². The first-order chi connectivity index (χ1) is 14.9. The third-order valence-electron chi connectivity index (χ3n) is 5.80. The van der Waals surface area contributed by atoms with E-state index < -0.39 is 0 Å². The molecule has 0 spiro atoms. The molecular weight excluding hydrogens is 394 g/mol. The predicted octanol–water partition coefficient (Wildman–Crippen LogP) is 4.31. The van der Waals surface area contributed by atoms with E-state index in [1.807, 2.05) is 38.1 Å². The highest BCUT2D eigenvalue weighted by Gasteiger charge is 2.28. The number of likely N-dealkylation sites (tertiary alicyclic amines) is 1. The van der Waals surface area contributed by atoms with Crippen LogP contribution >= 0.6 is 0 Å². The number of methoxy groups -OCH3 is 1. The van der Waals surface area contributed by atoms with Gasteiger partial charge in [-0.3, -0.25) is 9.59 Å². The summed E-state index contributed by atoms with van der Waals surface area (Å²) in [5.41, 5.74) is 3.78. The second-order valence-corrected chi connectivity index (χ2v) is 7.88. The van der Waals surface area contributed by atoms with Crippen LogP contribution in [0, 0.1) is 19.8 Å². The first kappa shape index (κ1) is 22.7. The molecule has 1 fully saturated rings. The monoisotopic (exact) mass is 425 g/mol. The molecule has 0 N–H and O–H groups in total. The van der Waals surface area contributed by atoms with Crippen molar-refractivity contribution in [3.8, 4) is 11.5 Å². The molecule has 1 saturated heterocycles. The molecule has 0 unspecified atom stereocenters. The number of benzene rings is 2. The smallest absolute Gasteiger partial charge is 0.309 e. The van der Waals surface area contributed by atoms with Crippen molar-refractivity contribution in [1.82, 2.24) is 4.90 Å². The first-order valence-corrected chi connectivity index (χ1v) is 10.8. The van der Waals surface area contributed by atoms with Gasteiger partial charge in [0.1, 0.15) is 18.1 Å². The number of carbonyl (C=O) groups excluding carboxylic acids is 2. The Kier molecular flexibility index (Phi) is 7.55. The summed E-state index contributed by atoms with van der Waals surface area (Å²) >= 11 is 0. The molecule has 31 heavy (non-hydrogen) atoms. The molecule has 2 aromatic carbocycles. The molecule has 0 bridgehead atoms. The summed E-state index contributed by atoms with van der Waals surface area (Å²) in [7, 11) is 1.61. The van der Waals surface area contributed by atoms with E-state index in [4.69, 9.17) is 14.2 Å². The molecular formula is C25H31NO5. The number of aryl methyl sites for hydroxylation is 2. The number of carbonyl (C=O) groups is 2. The highest BCUT2D eigenvalue weighted by atomic mass is 16.5. The lowest BCUT2D eigenvalue weighted by atomic mass is 9.96. The maximum absolute atomic E-state index is 13.0. The summed E-state index contributed by atoms with van der Waals surface area (Å²) in [5.74, 6) is 1.13. The molecule has 0 saturated carbocycles. The third-order valence-corrected chi connectivity index (χ3v) is 5.80. The minimum atomic E-state index is -0.162. The second-order valence-electron chi connectivity index (χ2n) is 7.88. The zero-order valence-electron chi connectivity index (χ0n) is 18.8. The minimum Gasteiger partial charge on any atom is -0.496 e. The first-order valence-electron chi connectivity index (χ1n) is 10.8. The summed E-state index contributed by atoms with van der Waals surface area (Å²) < 4.78 is 16.5. The minimum absolute atomic E-state index is 0.0441. The Morgan fingerprint density at radius 3 is 2.42 bits per heavy atom. The van der Waals surface area contributed by atoms with Crippen LogP contribution < -0.4 is 9.47 Å². The fourth-order valence-corrected chi connectivity index (χ4v) is 3.75. The molecule has 2 aromatic rings. The Morgan fingerprint density at radius 2 is 1.77 bits per heavy atom. The van der Waals surface area contributed by atoms with E-state index in [-0.39, 0.29) is 17.8 Å². The van der Waals surface area contributed by atoms with Crippen LogP contribution in [0.4, 0.5) is 0 Å². The van der Waals surface area contributed by atoms with E-state index in [0.717, 1.165) is 11.3 Å². The van der Waals surface area contributed by atoms with E-state index in [0.29, 0.717) is 50.5 Å². The topological polar surface area (TPSA) is 65.1 Å². The predicted molar refractivity (Wildman–Crippen MR) is 119 cm³/mol. The van der Waals surface area contributed by atoms with E-state index in [9.17, 15) is 9.59 Å². The summed E-state index contributed by atoms with van der Waals surface area (Å²) in [6.07, 6.45) is 1.26. The zero-order valence-corrected chi connectivity index (χ0v) is 18.8.